The molecular weight excluding hydrogens is 354 g/mol. The Morgan fingerprint density at radius 2 is 2.23 bits per heavy atom. The molecule has 0 radical (unpaired) electrons. The molecule has 2 saturated heterocycles. The van der Waals surface area contributed by atoms with E-state index in [2.05, 4.69) is 37.4 Å². The second-order valence-electron chi connectivity index (χ2n) is 6.80. The largest absolute Gasteiger partial charge is 0.389 e. The number of thiophene rings is 1. The van der Waals surface area contributed by atoms with Gasteiger partial charge in [0.1, 0.15) is 0 Å². The average Bonchev–Trinajstić information content (AvgIpc) is 3.38. The summed E-state index contributed by atoms with van der Waals surface area (Å²) in [7, 11) is 0. The summed E-state index contributed by atoms with van der Waals surface area (Å²) in [6.07, 6.45) is 1.34. The minimum atomic E-state index is -0.505. The molecule has 0 bridgehead atoms. The molecule has 4 heterocycles. The van der Waals surface area contributed by atoms with Crippen LogP contribution in [0.4, 0.5) is 0 Å². The van der Waals surface area contributed by atoms with E-state index in [1.165, 1.54) is 5.56 Å². The number of aromatic nitrogens is 3. The first-order valence-corrected chi connectivity index (χ1v) is 9.95. The molecule has 2 aromatic heterocycles. The molecule has 0 aromatic carbocycles. The zero-order valence-corrected chi connectivity index (χ0v) is 15.5. The monoisotopic (exact) mass is 379 g/mol. The van der Waals surface area contributed by atoms with Crippen LogP contribution in [-0.2, 0) is 29.1 Å². The summed E-state index contributed by atoms with van der Waals surface area (Å²) in [6.45, 7) is 5.86. The molecular formula is C17H25N5O3S. The van der Waals surface area contributed by atoms with Gasteiger partial charge in [-0.25, -0.2) is 4.68 Å². The number of aliphatic hydroxyl groups excluding tert-OH is 1. The topological polar surface area (TPSA) is 84.7 Å². The summed E-state index contributed by atoms with van der Waals surface area (Å²) in [5.41, 5.74) is 2.18. The van der Waals surface area contributed by atoms with Crippen molar-refractivity contribution in [3.63, 3.8) is 0 Å². The molecule has 3 atom stereocenters. The van der Waals surface area contributed by atoms with Crippen LogP contribution in [0.1, 0.15) is 11.3 Å². The number of aliphatic hydroxyl groups is 1. The molecule has 0 saturated carbocycles. The molecule has 0 aliphatic carbocycles. The van der Waals surface area contributed by atoms with Crippen molar-refractivity contribution in [1.82, 2.24) is 25.2 Å². The number of nitrogens with one attached hydrogen (secondary N) is 1. The second-order valence-corrected chi connectivity index (χ2v) is 7.58. The Hall–Kier alpha value is -1.36. The van der Waals surface area contributed by atoms with Crippen LogP contribution >= 0.6 is 11.3 Å². The fraction of sp³-hybridized carbons (Fsp3) is 0.647. The van der Waals surface area contributed by atoms with E-state index in [1.807, 2.05) is 10.9 Å². The minimum Gasteiger partial charge on any atom is -0.389 e. The molecule has 26 heavy (non-hydrogen) atoms. The van der Waals surface area contributed by atoms with Gasteiger partial charge in [0.15, 0.2) is 0 Å². The predicted molar refractivity (Wildman–Crippen MR) is 96.8 cm³/mol. The van der Waals surface area contributed by atoms with Gasteiger partial charge in [-0.3, -0.25) is 4.90 Å². The lowest BCUT2D eigenvalue weighted by Gasteiger charge is -2.25. The Bertz CT molecular complexity index is 674. The SMILES string of the molecule is O[C@H]1CO[C@H](Cn2cc(CN3CCOCC3)nn2)[C@@H]1NCc1ccsc1. The van der Waals surface area contributed by atoms with Gasteiger partial charge in [-0.1, -0.05) is 5.21 Å². The number of hydrogen-bond acceptors (Lipinski definition) is 8. The third kappa shape index (κ3) is 4.48. The number of rotatable bonds is 7. The summed E-state index contributed by atoms with van der Waals surface area (Å²) >= 11 is 1.68. The zero-order valence-electron chi connectivity index (χ0n) is 14.7. The first-order valence-electron chi connectivity index (χ1n) is 9.01. The van der Waals surface area contributed by atoms with Gasteiger partial charge in [0.05, 0.1) is 50.3 Å². The Morgan fingerprint density at radius 1 is 1.35 bits per heavy atom. The maximum absolute atomic E-state index is 10.2. The van der Waals surface area contributed by atoms with Gasteiger partial charge in [0.2, 0.25) is 0 Å². The molecule has 9 heteroatoms. The van der Waals surface area contributed by atoms with E-state index >= 15 is 0 Å². The van der Waals surface area contributed by atoms with Crippen LogP contribution in [0.25, 0.3) is 0 Å². The van der Waals surface area contributed by atoms with Gasteiger partial charge >= 0.3 is 0 Å². The molecule has 0 unspecified atom stereocenters. The third-order valence-corrected chi connectivity index (χ3v) is 5.59. The van der Waals surface area contributed by atoms with Crippen molar-refractivity contribution in [3.05, 3.63) is 34.3 Å². The molecule has 2 N–H and O–H groups in total. The smallest absolute Gasteiger partial charge is 0.0967 e. The fourth-order valence-corrected chi connectivity index (χ4v) is 4.08. The Labute approximate surface area is 156 Å². The molecule has 2 aromatic rings. The fourth-order valence-electron chi connectivity index (χ4n) is 3.41. The lowest BCUT2D eigenvalue weighted by Crippen LogP contribution is -2.44. The van der Waals surface area contributed by atoms with Gasteiger partial charge < -0.3 is 19.9 Å². The van der Waals surface area contributed by atoms with E-state index in [-0.39, 0.29) is 12.1 Å². The number of ether oxygens (including phenoxy) is 2. The highest BCUT2D eigenvalue weighted by Gasteiger charge is 2.36. The van der Waals surface area contributed by atoms with Gasteiger partial charge in [0, 0.05) is 32.4 Å². The highest BCUT2D eigenvalue weighted by Crippen LogP contribution is 2.18. The maximum Gasteiger partial charge on any atom is 0.0967 e. The summed E-state index contributed by atoms with van der Waals surface area (Å²) in [5.74, 6) is 0. The average molecular weight is 379 g/mol. The molecule has 0 amide bonds. The Balaban J connectivity index is 1.32. The first kappa shape index (κ1) is 18.0. The number of morpholine rings is 1. The summed E-state index contributed by atoms with van der Waals surface area (Å²) in [4.78, 5) is 2.32. The normalized spacial score (nSPS) is 27.2. The van der Waals surface area contributed by atoms with Crippen molar-refractivity contribution in [2.75, 3.05) is 32.9 Å². The van der Waals surface area contributed by atoms with E-state index in [1.54, 1.807) is 11.3 Å². The Morgan fingerprint density at radius 3 is 3.04 bits per heavy atom. The molecule has 2 aliphatic heterocycles. The van der Waals surface area contributed by atoms with E-state index in [9.17, 15) is 5.11 Å². The summed E-state index contributed by atoms with van der Waals surface area (Å²) in [6, 6.07) is 1.98. The van der Waals surface area contributed by atoms with E-state index in [0.29, 0.717) is 13.2 Å². The maximum atomic E-state index is 10.2. The highest BCUT2D eigenvalue weighted by atomic mass is 32.1. The highest BCUT2D eigenvalue weighted by molar-refractivity contribution is 7.07. The van der Waals surface area contributed by atoms with Gasteiger partial charge in [-0.05, 0) is 22.4 Å². The molecule has 0 spiro atoms. The van der Waals surface area contributed by atoms with Crippen LogP contribution in [0, 0.1) is 0 Å². The van der Waals surface area contributed by atoms with Crippen LogP contribution in [0.5, 0.6) is 0 Å². The van der Waals surface area contributed by atoms with Crippen molar-refractivity contribution in [2.24, 2.45) is 0 Å². The van der Waals surface area contributed by atoms with Crippen molar-refractivity contribution in [3.8, 4) is 0 Å². The third-order valence-electron chi connectivity index (χ3n) is 4.86. The molecule has 4 rings (SSSR count). The van der Waals surface area contributed by atoms with Crippen LogP contribution in [-0.4, -0.2) is 76.2 Å². The van der Waals surface area contributed by atoms with E-state index in [4.69, 9.17) is 9.47 Å². The van der Waals surface area contributed by atoms with Crippen LogP contribution in [0.2, 0.25) is 0 Å². The zero-order chi connectivity index (χ0) is 17.8. The van der Waals surface area contributed by atoms with Crippen LogP contribution < -0.4 is 5.32 Å². The first-order chi connectivity index (χ1) is 12.8. The van der Waals surface area contributed by atoms with E-state index < -0.39 is 6.10 Å². The number of nitrogens with zero attached hydrogens (tertiary/aromatic N) is 4. The quantitative estimate of drug-likeness (QED) is 0.705. The molecule has 8 nitrogen and oxygen atoms in total. The van der Waals surface area contributed by atoms with Crippen molar-refractivity contribution in [2.45, 2.75) is 37.9 Å². The molecule has 142 valence electrons. The van der Waals surface area contributed by atoms with Crippen LogP contribution in [0.3, 0.4) is 0 Å². The van der Waals surface area contributed by atoms with Crippen molar-refractivity contribution >= 4 is 11.3 Å². The second kappa shape index (κ2) is 8.55. The van der Waals surface area contributed by atoms with Gasteiger partial charge in [-0.15, -0.1) is 5.10 Å². The summed E-state index contributed by atoms with van der Waals surface area (Å²) in [5, 5.41) is 26.3. The lowest BCUT2D eigenvalue weighted by atomic mass is 10.1. The number of hydrogen-bond donors (Lipinski definition) is 2. The van der Waals surface area contributed by atoms with E-state index in [0.717, 1.165) is 45.1 Å². The lowest BCUT2D eigenvalue weighted by molar-refractivity contribution is 0.0336. The van der Waals surface area contributed by atoms with Gasteiger partial charge in [0.25, 0.3) is 0 Å². The van der Waals surface area contributed by atoms with Crippen molar-refractivity contribution in [1.29, 1.82) is 0 Å². The molecule has 2 aliphatic rings. The predicted octanol–water partition coefficient (Wildman–Crippen LogP) is 0.0899. The molecule has 2 fully saturated rings. The standard InChI is InChI=1S/C17H25N5O3S/c23-15-11-25-16(17(15)18-7-13-1-6-26-12-13)10-22-9-14(19-20-22)8-21-2-4-24-5-3-21/h1,6,9,12,15-18,23H,2-5,7-8,10-11H2/t15-,16+,17+/m0/s1. The van der Waals surface area contributed by atoms with Crippen LogP contribution in [0.15, 0.2) is 23.0 Å². The summed E-state index contributed by atoms with van der Waals surface area (Å²) < 4.78 is 13.0. The minimum absolute atomic E-state index is 0.109. The Kier molecular flexibility index (Phi) is 5.93. The van der Waals surface area contributed by atoms with Crippen molar-refractivity contribution < 1.29 is 14.6 Å². The van der Waals surface area contributed by atoms with Gasteiger partial charge in [-0.2, -0.15) is 11.3 Å².